The molecule has 98 valence electrons. The lowest BCUT2D eigenvalue weighted by Crippen LogP contribution is -2.02. The summed E-state index contributed by atoms with van der Waals surface area (Å²) < 4.78 is 14.5. The van der Waals surface area contributed by atoms with Gasteiger partial charge in [0.1, 0.15) is 6.67 Å². The number of fused-ring (bicyclic) bond motifs is 1. The molecule has 0 saturated heterocycles. The van der Waals surface area contributed by atoms with Crippen LogP contribution in [0.4, 0.5) is 4.39 Å². The molecule has 0 atom stereocenters. The minimum atomic E-state index is -0.443. The van der Waals surface area contributed by atoms with Crippen LogP contribution in [-0.2, 0) is 6.54 Å². The standard InChI is InChI=1S/C16H12FN3/c17-9-11-20-15-6-2-1-5-14(15)19-16(20)8-7-13-4-3-10-18-12-13/h1-6,10,12H,9,11H2. The lowest BCUT2D eigenvalue weighted by molar-refractivity contribution is 0.448. The summed E-state index contributed by atoms with van der Waals surface area (Å²) in [5, 5.41) is 0. The number of para-hydroxylation sites is 2. The van der Waals surface area contributed by atoms with E-state index >= 15 is 0 Å². The second kappa shape index (κ2) is 5.54. The lowest BCUT2D eigenvalue weighted by Gasteiger charge is -2.01. The number of aryl methyl sites for hydroxylation is 1. The number of halogens is 1. The molecule has 0 amide bonds. The van der Waals surface area contributed by atoms with Gasteiger partial charge in [0.15, 0.2) is 5.82 Å². The highest BCUT2D eigenvalue weighted by Gasteiger charge is 2.07. The highest BCUT2D eigenvalue weighted by molar-refractivity contribution is 5.76. The van der Waals surface area contributed by atoms with Crippen LogP contribution in [0.25, 0.3) is 11.0 Å². The van der Waals surface area contributed by atoms with Crippen molar-refractivity contribution in [2.45, 2.75) is 6.54 Å². The first-order valence-corrected chi connectivity index (χ1v) is 6.32. The average Bonchev–Trinajstić information content (AvgIpc) is 2.85. The number of rotatable bonds is 2. The van der Waals surface area contributed by atoms with Crippen LogP contribution in [0.15, 0.2) is 48.8 Å². The summed E-state index contributed by atoms with van der Waals surface area (Å²) in [5.74, 6) is 6.58. The smallest absolute Gasteiger partial charge is 0.186 e. The monoisotopic (exact) mass is 265 g/mol. The highest BCUT2D eigenvalue weighted by atomic mass is 19.1. The van der Waals surface area contributed by atoms with Gasteiger partial charge in [-0.3, -0.25) is 4.98 Å². The van der Waals surface area contributed by atoms with Crippen LogP contribution in [0.2, 0.25) is 0 Å². The molecule has 3 rings (SSSR count). The Morgan fingerprint density at radius 2 is 2.00 bits per heavy atom. The summed E-state index contributed by atoms with van der Waals surface area (Å²) in [7, 11) is 0. The third kappa shape index (κ3) is 2.39. The number of benzene rings is 1. The highest BCUT2D eigenvalue weighted by Crippen LogP contribution is 2.15. The van der Waals surface area contributed by atoms with E-state index in [-0.39, 0.29) is 6.54 Å². The first-order chi connectivity index (χ1) is 9.88. The Bertz CT molecular complexity index is 782. The van der Waals surface area contributed by atoms with Gasteiger partial charge in [-0.15, -0.1) is 0 Å². The van der Waals surface area contributed by atoms with E-state index in [4.69, 9.17) is 0 Å². The van der Waals surface area contributed by atoms with Gasteiger partial charge in [0.05, 0.1) is 17.6 Å². The number of nitrogens with zero attached hydrogens (tertiary/aromatic N) is 3. The topological polar surface area (TPSA) is 30.7 Å². The van der Waals surface area contributed by atoms with Gasteiger partial charge < -0.3 is 4.57 Å². The van der Waals surface area contributed by atoms with E-state index in [9.17, 15) is 4.39 Å². The Morgan fingerprint density at radius 3 is 2.80 bits per heavy atom. The molecule has 0 spiro atoms. The minimum absolute atomic E-state index is 0.261. The van der Waals surface area contributed by atoms with Crippen molar-refractivity contribution < 1.29 is 4.39 Å². The molecule has 1 aromatic carbocycles. The Hall–Kier alpha value is -2.67. The maximum atomic E-state index is 12.7. The fourth-order valence-electron chi connectivity index (χ4n) is 2.05. The third-order valence-corrected chi connectivity index (χ3v) is 2.94. The Kier molecular flexibility index (Phi) is 3.42. The van der Waals surface area contributed by atoms with Crippen molar-refractivity contribution in [3.8, 4) is 11.8 Å². The van der Waals surface area contributed by atoms with Crippen LogP contribution in [0.3, 0.4) is 0 Å². The van der Waals surface area contributed by atoms with Gasteiger partial charge >= 0.3 is 0 Å². The molecule has 0 N–H and O–H groups in total. The zero-order chi connectivity index (χ0) is 13.8. The molecule has 0 fully saturated rings. The summed E-state index contributed by atoms with van der Waals surface area (Å²) in [5.41, 5.74) is 2.54. The zero-order valence-electron chi connectivity index (χ0n) is 10.8. The van der Waals surface area contributed by atoms with Crippen LogP contribution >= 0.6 is 0 Å². The molecule has 0 aliphatic carbocycles. The van der Waals surface area contributed by atoms with Crippen molar-refractivity contribution in [2.75, 3.05) is 6.67 Å². The molecule has 3 nitrogen and oxygen atoms in total. The molecule has 0 bridgehead atoms. The van der Waals surface area contributed by atoms with Gasteiger partial charge in [-0.2, -0.15) is 0 Å². The van der Waals surface area contributed by atoms with E-state index in [1.165, 1.54) is 0 Å². The van der Waals surface area contributed by atoms with E-state index in [0.29, 0.717) is 5.82 Å². The van der Waals surface area contributed by atoms with Crippen molar-refractivity contribution in [2.24, 2.45) is 0 Å². The molecule has 3 aromatic rings. The molecular weight excluding hydrogens is 253 g/mol. The predicted molar refractivity (Wildman–Crippen MR) is 75.9 cm³/mol. The number of alkyl halides is 1. The Morgan fingerprint density at radius 1 is 1.10 bits per heavy atom. The molecule has 0 radical (unpaired) electrons. The fraction of sp³-hybridized carbons (Fsp3) is 0.125. The van der Waals surface area contributed by atoms with Crippen molar-refractivity contribution in [1.82, 2.24) is 14.5 Å². The number of aromatic nitrogens is 3. The Labute approximate surface area is 116 Å². The second-order valence-corrected chi connectivity index (χ2v) is 4.26. The van der Waals surface area contributed by atoms with Crippen LogP contribution in [0.5, 0.6) is 0 Å². The first-order valence-electron chi connectivity index (χ1n) is 6.32. The summed E-state index contributed by atoms with van der Waals surface area (Å²) in [4.78, 5) is 8.46. The largest absolute Gasteiger partial charge is 0.315 e. The maximum Gasteiger partial charge on any atom is 0.186 e. The van der Waals surface area contributed by atoms with Gasteiger partial charge in [-0.25, -0.2) is 9.37 Å². The normalized spacial score (nSPS) is 10.2. The SMILES string of the molecule is FCCn1c(C#Cc2cccnc2)nc2ccccc21. The van der Waals surface area contributed by atoms with Crippen LogP contribution in [0, 0.1) is 11.8 Å². The zero-order valence-corrected chi connectivity index (χ0v) is 10.8. The predicted octanol–water partition coefficient (Wildman–Crippen LogP) is 2.80. The molecule has 2 heterocycles. The number of hydrogen-bond acceptors (Lipinski definition) is 2. The van der Waals surface area contributed by atoms with E-state index < -0.39 is 6.67 Å². The third-order valence-electron chi connectivity index (χ3n) is 2.94. The number of pyridine rings is 1. The van der Waals surface area contributed by atoms with E-state index in [2.05, 4.69) is 21.8 Å². The molecule has 0 aliphatic heterocycles. The van der Waals surface area contributed by atoms with Gasteiger partial charge in [0.25, 0.3) is 0 Å². The van der Waals surface area contributed by atoms with Crippen LogP contribution < -0.4 is 0 Å². The summed E-state index contributed by atoms with van der Waals surface area (Å²) in [6.07, 6.45) is 3.39. The molecular formula is C16H12FN3. The fourth-order valence-corrected chi connectivity index (χ4v) is 2.05. The van der Waals surface area contributed by atoms with Crippen molar-refractivity contribution in [1.29, 1.82) is 0 Å². The molecule has 2 aromatic heterocycles. The summed E-state index contributed by atoms with van der Waals surface area (Å²) in [6.45, 7) is -0.181. The van der Waals surface area contributed by atoms with Crippen molar-refractivity contribution >= 4 is 11.0 Å². The quantitative estimate of drug-likeness (QED) is 0.667. The second-order valence-electron chi connectivity index (χ2n) is 4.26. The minimum Gasteiger partial charge on any atom is -0.315 e. The first kappa shape index (κ1) is 12.4. The average molecular weight is 265 g/mol. The van der Waals surface area contributed by atoms with E-state index in [1.54, 1.807) is 17.0 Å². The van der Waals surface area contributed by atoms with Gasteiger partial charge in [-0.05, 0) is 30.2 Å². The molecule has 0 unspecified atom stereocenters. The Balaban J connectivity index is 2.07. The summed E-state index contributed by atoms with van der Waals surface area (Å²) in [6, 6.07) is 11.4. The number of hydrogen-bond donors (Lipinski definition) is 0. The maximum absolute atomic E-state index is 12.7. The number of imidazole rings is 1. The molecule has 20 heavy (non-hydrogen) atoms. The lowest BCUT2D eigenvalue weighted by atomic mass is 10.3. The van der Waals surface area contributed by atoms with Crippen LogP contribution in [-0.4, -0.2) is 21.2 Å². The molecule has 0 aliphatic rings. The van der Waals surface area contributed by atoms with E-state index in [0.717, 1.165) is 16.6 Å². The summed E-state index contributed by atoms with van der Waals surface area (Å²) >= 11 is 0. The van der Waals surface area contributed by atoms with Gasteiger partial charge in [0.2, 0.25) is 0 Å². The molecule has 4 heteroatoms. The van der Waals surface area contributed by atoms with Crippen molar-refractivity contribution in [3.63, 3.8) is 0 Å². The van der Waals surface area contributed by atoms with Crippen LogP contribution in [0.1, 0.15) is 11.4 Å². The van der Waals surface area contributed by atoms with Gasteiger partial charge in [-0.1, -0.05) is 18.1 Å². The van der Waals surface area contributed by atoms with E-state index in [1.807, 2.05) is 36.4 Å². The molecule has 0 saturated carbocycles. The van der Waals surface area contributed by atoms with Gasteiger partial charge in [0, 0.05) is 18.0 Å². The van der Waals surface area contributed by atoms with Crippen molar-refractivity contribution in [3.05, 3.63) is 60.2 Å².